The van der Waals surface area contributed by atoms with E-state index in [1.54, 1.807) is 13.3 Å². The van der Waals surface area contributed by atoms with E-state index in [0.717, 1.165) is 37.9 Å². The first kappa shape index (κ1) is 16.3. The average Bonchev–Trinajstić information content (AvgIpc) is 2.73. The van der Waals surface area contributed by atoms with Crippen LogP contribution in [0.25, 0.3) is 0 Å². The molecular formula is C16H29N3O2. The number of aryl methyl sites for hydroxylation is 1. The molecule has 1 aliphatic rings. The van der Waals surface area contributed by atoms with Crippen molar-refractivity contribution in [1.29, 1.82) is 0 Å². The van der Waals surface area contributed by atoms with Crippen molar-refractivity contribution in [3.63, 3.8) is 0 Å². The molecule has 5 heteroatoms. The first-order valence-corrected chi connectivity index (χ1v) is 8.02. The van der Waals surface area contributed by atoms with E-state index in [9.17, 15) is 5.11 Å². The summed E-state index contributed by atoms with van der Waals surface area (Å²) in [5.41, 5.74) is 0.590. The van der Waals surface area contributed by atoms with Crippen molar-refractivity contribution in [2.24, 2.45) is 0 Å². The van der Waals surface area contributed by atoms with E-state index in [4.69, 9.17) is 4.74 Å². The van der Waals surface area contributed by atoms with Gasteiger partial charge in [0.2, 0.25) is 0 Å². The highest BCUT2D eigenvalue weighted by atomic mass is 16.5. The molecule has 5 nitrogen and oxygen atoms in total. The number of aliphatic hydroxyl groups excluding tert-OH is 1. The maximum atomic E-state index is 11.2. The third-order valence-electron chi connectivity index (χ3n) is 4.99. The standard InChI is InChI=1S/C16H29N3O2/c1-5-19-14(13(21-4)12-17-19)15(20)16(18(2)3)10-8-6-7-9-11-16/h12,15,20H,5-11H2,1-4H3. The maximum absolute atomic E-state index is 11.2. The molecule has 2 rings (SSSR count). The summed E-state index contributed by atoms with van der Waals surface area (Å²) in [6, 6.07) is 0. The van der Waals surface area contributed by atoms with Gasteiger partial charge in [-0.1, -0.05) is 25.7 Å². The van der Waals surface area contributed by atoms with Crippen LogP contribution in [-0.2, 0) is 6.54 Å². The Morgan fingerprint density at radius 2 is 1.95 bits per heavy atom. The van der Waals surface area contributed by atoms with Crippen molar-refractivity contribution in [3.05, 3.63) is 11.9 Å². The smallest absolute Gasteiger partial charge is 0.162 e. The molecule has 1 saturated carbocycles. The number of rotatable bonds is 5. The Morgan fingerprint density at radius 1 is 1.33 bits per heavy atom. The van der Waals surface area contributed by atoms with E-state index in [1.165, 1.54) is 12.8 Å². The zero-order valence-corrected chi connectivity index (χ0v) is 13.8. The monoisotopic (exact) mass is 295 g/mol. The Balaban J connectivity index is 2.42. The van der Waals surface area contributed by atoms with Gasteiger partial charge in [0.15, 0.2) is 5.75 Å². The topological polar surface area (TPSA) is 50.5 Å². The first-order chi connectivity index (χ1) is 10.1. The molecule has 0 spiro atoms. The molecule has 0 radical (unpaired) electrons. The van der Waals surface area contributed by atoms with Gasteiger partial charge in [0.1, 0.15) is 11.8 Å². The second-order valence-corrected chi connectivity index (χ2v) is 6.23. The number of likely N-dealkylation sites (N-methyl/N-ethyl adjacent to an activating group) is 1. The van der Waals surface area contributed by atoms with E-state index >= 15 is 0 Å². The predicted molar refractivity (Wildman–Crippen MR) is 83.5 cm³/mol. The summed E-state index contributed by atoms with van der Waals surface area (Å²) < 4.78 is 7.29. The highest BCUT2D eigenvalue weighted by Gasteiger charge is 2.43. The molecule has 0 bridgehead atoms. The van der Waals surface area contributed by atoms with Gasteiger partial charge in [0.05, 0.1) is 18.8 Å². The van der Waals surface area contributed by atoms with Crippen molar-refractivity contribution in [1.82, 2.24) is 14.7 Å². The third kappa shape index (κ3) is 2.94. The van der Waals surface area contributed by atoms with Crippen molar-refractivity contribution >= 4 is 0 Å². The lowest BCUT2D eigenvalue weighted by Crippen LogP contribution is -2.49. The molecule has 120 valence electrons. The Hall–Kier alpha value is -1.07. The largest absolute Gasteiger partial charge is 0.493 e. The minimum Gasteiger partial charge on any atom is -0.493 e. The predicted octanol–water partition coefficient (Wildman–Crippen LogP) is 2.60. The van der Waals surface area contributed by atoms with Crippen molar-refractivity contribution in [3.8, 4) is 5.75 Å². The fourth-order valence-electron chi connectivity index (χ4n) is 3.62. The summed E-state index contributed by atoms with van der Waals surface area (Å²) in [6.07, 6.45) is 8.00. The molecule has 1 aliphatic carbocycles. The number of hydrogen-bond acceptors (Lipinski definition) is 4. The molecule has 1 atom stereocenters. The van der Waals surface area contributed by atoms with E-state index in [1.807, 2.05) is 11.6 Å². The van der Waals surface area contributed by atoms with E-state index in [-0.39, 0.29) is 5.54 Å². The molecule has 1 fully saturated rings. The van der Waals surface area contributed by atoms with E-state index < -0.39 is 6.10 Å². The van der Waals surface area contributed by atoms with Gasteiger partial charge in [-0.2, -0.15) is 5.10 Å². The van der Waals surface area contributed by atoms with Gasteiger partial charge in [-0.15, -0.1) is 0 Å². The Kier molecular flexibility index (Phi) is 5.27. The van der Waals surface area contributed by atoms with E-state index in [2.05, 4.69) is 24.1 Å². The van der Waals surface area contributed by atoms with Crippen LogP contribution in [0.1, 0.15) is 57.2 Å². The second kappa shape index (κ2) is 6.79. The number of methoxy groups -OCH3 is 1. The Bertz CT molecular complexity index is 427. The zero-order valence-electron chi connectivity index (χ0n) is 13.8. The average molecular weight is 295 g/mol. The molecule has 0 amide bonds. The summed E-state index contributed by atoms with van der Waals surface area (Å²) in [6.45, 7) is 2.78. The summed E-state index contributed by atoms with van der Waals surface area (Å²) in [5, 5.41) is 15.6. The SMILES string of the molecule is CCn1ncc(OC)c1C(O)C1(N(C)C)CCCCCC1. The molecule has 1 N–H and O–H groups in total. The van der Waals surface area contributed by atoms with Crippen LogP contribution in [0.15, 0.2) is 6.20 Å². The van der Waals surface area contributed by atoms with Crippen molar-refractivity contribution in [2.75, 3.05) is 21.2 Å². The van der Waals surface area contributed by atoms with Crippen molar-refractivity contribution in [2.45, 2.75) is 63.6 Å². The quantitative estimate of drug-likeness (QED) is 0.848. The van der Waals surface area contributed by atoms with Crippen LogP contribution in [0.3, 0.4) is 0 Å². The summed E-state index contributed by atoms with van der Waals surface area (Å²) in [4.78, 5) is 2.20. The highest BCUT2D eigenvalue weighted by molar-refractivity contribution is 5.30. The number of aromatic nitrogens is 2. The van der Waals surface area contributed by atoms with Gasteiger partial charge >= 0.3 is 0 Å². The van der Waals surface area contributed by atoms with Crippen LogP contribution in [0.4, 0.5) is 0 Å². The van der Waals surface area contributed by atoms with Gasteiger partial charge < -0.3 is 14.7 Å². The molecular weight excluding hydrogens is 266 g/mol. The molecule has 1 aromatic heterocycles. The van der Waals surface area contributed by atoms with Gasteiger partial charge in [-0.3, -0.25) is 4.68 Å². The summed E-state index contributed by atoms with van der Waals surface area (Å²) in [5.74, 6) is 0.690. The van der Waals surface area contributed by atoms with Gasteiger partial charge in [0.25, 0.3) is 0 Å². The summed E-state index contributed by atoms with van der Waals surface area (Å²) >= 11 is 0. The lowest BCUT2D eigenvalue weighted by Gasteiger charge is -2.43. The summed E-state index contributed by atoms with van der Waals surface area (Å²) in [7, 11) is 5.80. The lowest BCUT2D eigenvalue weighted by molar-refractivity contribution is -0.0257. The van der Waals surface area contributed by atoms with Gasteiger partial charge in [-0.25, -0.2) is 0 Å². The molecule has 0 saturated heterocycles. The van der Waals surface area contributed by atoms with E-state index in [0.29, 0.717) is 5.75 Å². The Labute approximate surface area is 127 Å². The molecule has 1 unspecified atom stereocenters. The first-order valence-electron chi connectivity index (χ1n) is 8.02. The molecule has 0 aliphatic heterocycles. The van der Waals surface area contributed by atoms with Crippen LogP contribution in [0.5, 0.6) is 5.75 Å². The molecule has 0 aromatic carbocycles. The lowest BCUT2D eigenvalue weighted by atomic mass is 9.81. The van der Waals surface area contributed by atoms with Crippen LogP contribution >= 0.6 is 0 Å². The third-order valence-corrected chi connectivity index (χ3v) is 4.99. The maximum Gasteiger partial charge on any atom is 0.162 e. The number of nitrogens with zero attached hydrogens (tertiary/aromatic N) is 3. The zero-order chi connectivity index (χ0) is 15.5. The fourth-order valence-corrected chi connectivity index (χ4v) is 3.62. The van der Waals surface area contributed by atoms with Crippen LogP contribution in [0.2, 0.25) is 0 Å². The molecule has 1 aromatic rings. The van der Waals surface area contributed by atoms with Gasteiger partial charge in [0, 0.05) is 6.54 Å². The number of hydrogen-bond donors (Lipinski definition) is 1. The molecule has 21 heavy (non-hydrogen) atoms. The van der Waals surface area contributed by atoms with Crippen LogP contribution in [0, 0.1) is 0 Å². The Morgan fingerprint density at radius 3 is 2.43 bits per heavy atom. The molecule has 1 heterocycles. The van der Waals surface area contributed by atoms with Gasteiger partial charge in [-0.05, 0) is 33.9 Å². The number of ether oxygens (including phenoxy) is 1. The number of aliphatic hydroxyl groups is 1. The minimum atomic E-state index is -0.581. The second-order valence-electron chi connectivity index (χ2n) is 6.23. The minimum absolute atomic E-state index is 0.225. The highest BCUT2D eigenvalue weighted by Crippen LogP contribution is 2.43. The van der Waals surface area contributed by atoms with Crippen LogP contribution in [-0.4, -0.2) is 46.5 Å². The van der Waals surface area contributed by atoms with Crippen LogP contribution < -0.4 is 4.74 Å². The normalized spacial score (nSPS) is 20.3. The fraction of sp³-hybridized carbons (Fsp3) is 0.812. The van der Waals surface area contributed by atoms with Crippen molar-refractivity contribution < 1.29 is 9.84 Å².